The van der Waals surface area contributed by atoms with Gasteiger partial charge in [-0.25, -0.2) is 9.97 Å². The number of nitrogens with zero attached hydrogens (tertiary/aromatic N) is 5. The number of fused-ring (bicyclic) bond motifs is 2. The zero-order valence-electron chi connectivity index (χ0n) is 18.7. The van der Waals surface area contributed by atoms with Crippen LogP contribution in [-0.2, 0) is 0 Å². The largest absolute Gasteiger partial charge is 0.486 e. The summed E-state index contributed by atoms with van der Waals surface area (Å²) in [5, 5.41) is 13.4. The average molecular weight is 434 g/mol. The second-order valence-electron chi connectivity index (χ2n) is 8.58. The van der Waals surface area contributed by atoms with Gasteiger partial charge < -0.3 is 19.8 Å². The van der Waals surface area contributed by atoms with Crippen LogP contribution in [0.4, 0.5) is 5.82 Å². The maximum atomic E-state index is 5.79. The van der Waals surface area contributed by atoms with E-state index in [4.69, 9.17) is 9.47 Å². The van der Waals surface area contributed by atoms with Crippen molar-refractivity contribution in [1.82, 2.24) is 29.9 Å². The summed E-state index contributed by atoms with van der Waals surface area (Å²) in [6.45, 7) is 9.60. The summed E-state index contributed by atoms with van der Waals surface area (Å²) in [5.41, 5.74) is 3.50. The zero-order chi connectivity index (χ0) is 22.2. The minimum Gasteiger partial charge on any atom is -0.486 e. The Bertz CT molecular complexity index is 1240. The number of hydrogen-bond donors (Lipinski definition) is 2. The van der Waals surface area contributed by atoms with Crippen molar-refractivity contribution in [3.05, 3.63) is 42.4 Å². The van der Waals surface area contributed by atoms with Crippen LogP contribution in [0.1, 0.15) is 45.3 Å². The lowest BCUT2D eigenvalue weighted by molar-refractivity contribution is 0.171. The van der Waals surface area contributed by atoms with E-state index in [9.17, 15) is 0 Å². The summed E-state index contributed by atoms with van der Waals surface area (Å²) in [6, 6.07) is 8.36. The molecule has 0 radical (unpaired) electrons. The van der Waals surface area contributed by atoms with E-state index in [2.05, 4.69) is 56.4 Å². The molecule has 0 spiro atoms. The van der Waals surface area contributed by atoms with Gasteiger partial charge in [-0.15, -0.1) is 0 Å². The maximum Gasteiger partial charge on any atom is 0.161 e. The van der Waals surface area contributed by atoms with E-state index < -0.39 is 0 Å². The molecular formula is C23H27N7O2. The quantitative estimate of drug-likeness (QED) is 0.465. The first-order valence-electron chi connectivity index (χ1n) is 10.9. The first-order valence-corrected chi connectivity index (χ1v) is 10.9. The number of ether oxygens (including phenoxy) is 2. The van der Waals surface area contributed by atoms with Crippen LogP contribution in [0.2, 0.25) is 0 Å². The molecule has 0 saturated heterocycles. The second-order valence-corrected chi connectivity index (χ2v) is 8.58. The molecule has 0 fully saturated rings. The molecule has 166 valence electrons. The Balaban J connectivity index is 1.48. The van der Waals surface area contributed by atoms with Crippen molar-refractivity contribution < 1.29 is 9.47 Å². The van der Waals surface area contributed by atoms with Crippen LogP contribution in [0.25, 0.3) is 22.4 Å². The van der Waals surface area contributed by atoms with E-state index in [0.717, 1.165) is 45.3 Å². The Morgan fingerprint density at radius 2 is 1.84 bits per heavy atom. The van der Waals surface area contributed by atoms with E-state index in [1.54, 1.807) is 17.3 Å². The van der Waals surface area contributed by atoms with E-state index in [0.29, 0.717) is 19.1 Å². The van der Waals surface area contributed by atoms with E-state index >= 15 is 0 Å². The zero-order valence-corrected chi connectivity index (χ0v) is 18.7. The Morgan fingerprint density at radius 1 is 1.03 bits per heavy atom. The predicted molar refractivity (Wildman–Crippen MR) is 122 cm³/mol. The molecule has 2 N–H and O–H groups in total. The number of aromatic nitrogens is 6. The van der Waals surface area contributed by atoms with Gasteiger partial charge in [0.05, 0.1) is 29.4 Å². The molecule has 9 heteroatoms. The average Bonchev–Trinajstić information content (AvgIpc) is 3.44. The Kier molecular flexibility index (Phi) is 5.16. The maximum absolute atomic E-state index is 5.79. The lowest BCUT2D eigenvalue weighted by Gasteiger charge is -2.26. The van der Waals surface area contributed by atoms with Gasteiger partial charge in [0.1, 0.15) is 36.7 Å². The fraction of sp³-hybridized carbons (Fsp3) is 0.391. The highest BCUT2D eigenvalue weighted by molar-refractivity contribution is 5.91. The third-order valence-electron chi connectivity index (χ3n) is 5.56. The highest BCUT2D eigenvalue weighted by Gasteiger charge is 2.22. The summed E-state index contributed by atoms with van der Waals surface area (Å²) in [6.07, 6.45) is 3.33. The number of hydrogen-bond acceptors (Lipinski definition) is 7. The number of rotatable bonds is 6. The normalized spacial score (nSPS) is 14.3. The van der Waals surface area contributed by atoms with Crippen LogP contribution in [0, 0.1) is 5.92 Å². The van der Waals surface area contributed by atoms with E-state index in [-0.39, 0.29) is 12.1 Å². The monoisotopic (exact) mass is 433 g/mol. The highest BCUT2D eigenvalue weighted by atomic mass is 16.6. The third-order valence-corrected chi connectivity index (χ3v) is 5.56. The predicted octanol–water partition coefficient (Wildman–Crippen LogP) is 4.38. The van der Waals surface area contributed by atoms with Gasteiger partial charge in [0.2, 0.25) is 0 Å². The molecule has 0 saturated carbocycles. The summed E-state index contributed by atoms with van der Waals surface area (Å²) in [7, 11) is 0. The SMILES string of the molecule is CC(C)[C@@H](Nc1ncnc2[nH]c(-c3cnn(C(C)C)n3)cc12)c1ccc2c(c1)OCCO2. The molecule has 4 heterocycles. The molecular weight excluding hydrogens is 406 g/mol. The van der Waals surface area contributed by atoms with Crippen molar-refractivity contribution in [2.24, 2.45) is 5.92 Å². The first kappa shape index (κ1) is 20.3. The van der Waals surface area contributed by atoms with Gasteiger partial charge in [-0.3, -0.25) is 0 Å². The van der Waals surface area contributed by atoms with Crippen LogP contribution in [-0.4, -0.2) is 43.2 Å². The molecule has 4 aromatic rings. The van der Waals surface area contributed by atoms with E-state index in [1.807, 2.05) is 26.0 Å². The van der Waals surface area contributed by atoms with Gasteiger partial charge in [-0.05, 0) is 43.5 Å². The van der Waals surface area contributed by atoms with Crippen LogP contribution < -0.4 is 14.8 Å². The van der Waals surface area contributed by atoms with Crippen molar-refractivity contribution in [2.45, 2.75) is 39.8 Å². The highest BCUT2D eigenvalue weighted by Crippen LogP contribution is 2.36. The topological polar surface area (TPSA) is 103 Å². The summed E-state index contributed by atoms with van der Waals surface area (Å²) in [5.74, 6) is 2.65. The van der Waals surface area contributed by atoms with Crippen molar-refractivity contribution in [2.75, 3.05) is 18.5 Å². The van der Waals surface area contributed by atoms with Gasteiger partial charge in [0.25, 0.3) is 0 Å². The number of benzene rings is 1. The molecule has 0 amide bonds. The lowest BCUT2D eigenvalue weighted by atomic mass is 9.95. The number of nitrogens with one attached hydrogen (secondary N) is 2. The fourth-order valence-electron chi connectivity index (χ4n) is 3.88. The Hall–Kier alpha value is -3.62. The fourth-order valence-corrected chi connectivity index (χ4v) is 3.88. The molecule has 1 aliphatic heterocycles. The van der Waals surface area contributed by atoms with Gasteiger partial charge >= 0.3 is 0 Å². The minimum atomic E-state index is 0.0316. The molecule has 0 aliphatic carbocycles. The molecule has 0 unspecified atom stereocenters. The summed E-state index contributed by atoms with van der Waals surface area (Å²) >= 11 is 0. The van der Waals surface area contributed by atoms with Crippen molar-refractivity contribution in [3.8, 4) is 22.9 Å². The molecule has 1 aromatic carbocycles. The minimum absolute atomic E-state index is 0.0316. The molecule has 9 nitrogen and oxygen atoms in total. The van der Waals surface area contributed by atoms with Crippen molar-refractivity contribution >= 4 is 16.9 Å². The standard InChI is InChI=1S/C23H27N7O2/c1-13(2)21(15-5-6-19-20(9-15)32-8-7-31-19)28-23-16-10-17(27-22(16)24-12-25-23)18-11-26-30(29-18)14(3)4/h5-6,9-14,21H,7-8H2,1-4H3,(H2,24,25,27,28)/t21-/m1/s1. The first-order chi connectivity index (χ1) is 15.5. The second kappa shape index (κ2) is 8.14. The summed E-state index contributed by atoms with van der Waals surface area (Å²) < 4.78 is 11.5. The van der Waals surface area contributed by atoms with Crippen LogP contribution in [0.15, 0.2) is 36.8 Å². The molecule has 32 heavy (non-hydrogen) atoms. The molecule has 1 aliphatic rings. The Morgan fingerprint density at radius 3 is 2.59 bits per heavy atom. The number of H-pyrrole nitrogens is 1. The molecule has 0 bridgehead atoms. The van der Waals surface area contributed by atoms with Crippen molar-refractivity contribution in [3.63, 3.8) is 0 Å². The molecule has 1 atom stereocenters. The molecule has 3 aromatic heterocycles. The van der Waals surface area contributed by atoms with Gasteiger partial charge in [0.15, 0.2) is 11.5 Å². The summed E-state index contributed by atoms with van der Waals surface area (Å²) in [4.78, 5) is 14.0. The van der Waals surface area contributed by atoms with Crippen LogP contribution >= 0.6 is 0 Å². The van der Waals surface area contributed by atoms with Gasteiger partial charge in [-0.2, -0.15) is 15.0 Å². The van der Waals surface area contributed by atoms with E-state index in [1.165, 1.54) is 0 Å². The van der Waals surface area contributed by atoms with Gasteiger partial charge in [-0.1, -0.05) is 19.9 Å². The van der Waals surface area contributed by atoms with Crippen LogP contribution in [0.3, 0.4) is 0 Å². The molecule has 5 rings (SSSR count). The van der Waals surface area contributed by atoms with Gasteiger partial charge in [0, 0.05) is 0 Å². The van der Waals surface area contributed by atoms with Crippen molar-refractivity contribution in [1.29, 1.82) is 0 Å². The smallest absolute Gasteiger partial charge is 0.161 e. The number of aromatic amines is 1. The lowest BCUT2D eigenvalue weighted by Crippen LogP contribution is -2.19. The Labute approximate surface area is 186 Å². The number of anilines is 1. The van der Waals surface area contributed by atoms with Crippen LogP contribution in [0.5, 0.6) is 11.5 Å². The third kappa shape index (κ3) is 3.74.